The lowest BCUT2D eigenvalue weighted by Crippen LogP contribution is -2.46. The number of pyridine rings is 1. The molecule has 0 atom stereocenters. The fourth-order valence-corrected chi connectivity index (χ4v) is 2.29. The number of rotatable bonds is 3. The Morgan fingerprint density at radius 1 is 1.58 bits per heavy atom. The molecule has 102 valence electrons. The minimum absolute atomic E-state index is 0.415. The maximum absolute atomic E-state index is 10.5. The molecule has 0 aliphatic carbocycles. The highest BCUT2D eigenvalue weighted by atomic mass is 16.5. The summed E-state index contributed by atoms with van der Waals surface area (Å²) in [5.41, 5.74) is 5.70. The van der Waals surface area contributed by atoms with Gasteiger partial charge < -0.3 is 20.5 Å². The summed E-state index contributed by atoms with van der Waals surface area (Å²) >= 11 is 0. The summed E-state index contributed by atoms with van der Waals surface area (Å²) in [6.45, 7) is 1.54. The maximum atomic E-state index is 10.5. The van der Waals surface area contributed by atoms with Gasteiger partial charge in [-0.3, -0.25) is 0 Å². The summed E-state index contributed by atoms with van der Waals surface area (Å²) in [6, 6.07) is 3.67. The number of aliphatic hydroxyl groups is 1. The number of likely N-dealkylation sites (N-methyl/N-ethyl adjacent to an activating group) is 1. The smallest absolute Gasteiger partial charge is 0.146 e. The van der Waals surface area contributed by atoms with Crippen molar-refractivity contribution in [3.63, 3.8) is 0 Å². The Kier molecular flexibility index (Phi) is 3.88. The van der Waals surface area contributed by atoms with Crippen LogP contribution in [0.1, 0.15) is 18.4 Å². The highest BCUT2D eigenvalue weighted by Gasteiger charge is 2.31. The average molecular weight is 262 g/mol. The van der Waals surface area contributed by atoms with Crippen molar-refractivity contribution in [3.05, 3.63) is 17.8 Å². The molecule has 0 aromatic carbocycles. The highest BCUT2D eigenvalue weighted by molar-refractivity contribution is 5.58. The minimum atomic E-state index is -0.789. The third-order valence-corrected chi connectivity index (χ3v) is 3.32. The standard InChI is InChI=1S/C13H18N4O2/c1-17(9-13(18)2-4-19-5-3-13)12-10(7-14)6-11(15)8-16-12/h6,8,18H,2-5,9,15H2,1H3. The molecule has 6 nitrogen and oxygen atoms in total. The van der Waals surface area contributed by atoms with Crippen LogP contribution in [0, 0.1) is 11.3 Å². The van der Waals surface area contributed by atoms with Crippen LogP contribution in [0.25, 0.3) is 0 Å². The second-order valence-electron chi connectivity index (χ2n) is 4.94. The van der Waals surface area contributed by atoms with Crippen LogP contribution in [-0.4, -0.2) is 42.5 Å². The molecule has 1 fully saturated rings. The van der Waals surface area contributed by atoms with Gasteiger partial charge in [0.2, 0.25) is 0 Å². The van der Waals surface area contributed by atoms with Gasteiger partial charge in [0.05, 0.1) is 23.0 Å². The van der Waals surface area contributed by atoms with E-state index >= 15 is 0 Å². The molecule has 6 heteroatoms. The number of nitrogen functional groups attached to an aromatic ring is 1. The van der Waals surface area contributed by atoms with Gasteiger partial charge in [-0.1, -0.05) is 0 Å². The number of nitrogens with zero attached hydrogens (tertiary/aromatic N) is 3. The first-order valence-corrected chi connectivity index (χ1v) is 6.21. The van der Waals surface area contributed by atoms with Crippen molar-refractivity contribution in [1.82, 2.24) is 4.98 Å². The largest absolute Gasteiger partial charge is 0.397 e. The van der Waals surface area contributed by atoms with E-state index in [1.165, 1.54) is 6.20 Å². The molecule has 19 heavy (non-hydrogen) atoms. The van der Waals surface area contributed by atoms with Crippen LogP contribution < -0.4 is 10.6 Å². The van der Waals surface area contributed by atoms with Gasteiger partial charge in [0, 0.05) is 39.6 Å². The van der Waals surface area contributed by atoms with Gasteiger partial charge in [-0.15, -0.1) is 0 Å². The molecular weight excluding hydrogens is 244 g/mol. The van der Waals surface area contributed by atoms with Crippen LogP contribution in [0.3, 0.4) is 0 Å². The van der Waals surface area contributed by atoms with E-state index in [4.69, 9.17) is 15.7 Å². The van der Waals surface area contributed by atoms with Crippen molar-refractivity contribution in [2.24, 2.45) is 0 Å². The van der Waals surface area contributed by atoms with E-state index in [1.807, 2.05) is 7.05 Å². The van der Waals surface area contributed by atoms with Crippen LogP contribution in [0.4, 0.5) is 11.5 Å². The first-order valence-electron chi connectivity index (χ1n) is 6.21. The van der Waals surface area contributed by atoms with Crippen molar-refractivity contribution in [3.8, 4) is 6.07 Å². The molecule has 0 bridgehead atoms. The number of hydrogen-bond acceptors (Lipinski definition) is 6. The summed E-state index contributed by atoms with van der Waals surface area (Å²) in [4.78, 5) is 5.98. The molecule has 0 radical (unpaired) electrons. The number of hydrogen-bond donors (Lipinski definition) is 2. The lowest BCUT2D eigenvalue weighted by Gasteiger charge is -2.36. The zero-order valence-corrected chi connectivity index (χ0v) is 11.0. The van der Waals surface area contributed by atoms with E-state index < -0.39 is 5.60 Å². The van der Waals surface area contributed by atoms with Crippen LogP contribution >= 0.6 is 0 Å². The Hall–Kier alpha value is -1.84. The van der Waals surface area contributed by atoms with Crippen molar-refractivity contribution in [2.75, 3.05) is 37.4 Å². The van der Waals surface area contributed by atoms with Crippen LogP contribution in [0.5, 0.6) is 0 Å². The Labute approximate surface area is 112 Å². The summed E-state index contributed by atoms with van der Waals surface area (Å²) in [7, 11) is 1.81. The molecule has 2 rings (SSSR count). The van der Waals surface area contributed by atoms with Crippen molar-refractivity contribution >= 4 is 11.5 Å². The van der Waals surface area contributed by atoms with E-state index in [1.54, 1.807) is 11.0 Å². The summed E-state index contributed by atoms with van der Waals surface area (Å²) in [5, 5.41) is 19.6. The third-order valence-electron chi connectivity index (χ3n) is 3.32. The fraction of sp³-hybridized carbons (Fsp3) is 0.538. The Morgan fingerprint density at radius 3 is 2.89 bits per heavy atom. The quantitative estimate of drug-likeness (QED) is 0.824. The summed E-state index contributed by atoms with van der Waals surface area (Å²) in [5.74, 6) is 0.539. The van der Waals surface area contributed by atoms with Gasteiger partial charge in [0.15, 0.2) is 0 Å². The van der Waals surface area contributed by atoms with E-state index in [2.05, 4.69) is 11.1 Å². The molecule has 1 saturated heterocycles. The minimum Gasteiger partial charge on any atom is -0.397 e. The molecule has 1 aliphatic heterocycles. The van der Waals surface area contributed by atoms with E-state index in [0.717, 1.165) is 0 Å². The average Bonchev–Trinajstić information content (AvgIpc) is 2.38. The summed E-state index contributed by atoms with van der Waals surface area (Å²) < 4.78 is 5.25. The normalized spacial score (nSPS) is 17.7. The fourth-order valence-electron chi connectivity index (χ4n) is 2.29. The molecule has 1 aromatic rings. The van der Waals surface area contributed by atoms with Crippen LogP contribution in [-0.2, 0) is 4.74 Å². The maximum Gasteiger partial charge on any atom is 0.146 e. The first kappa shape index (κ1) is 13.6. The predicted molar refractivity (Wildman–Crippen MR) is 71.6 cm³/mol. The topological polar surface area (TPSA) is 95.4 Å². The Morgan fingerprint density at radius 2 is 2.26 bits per heavy atom. The molecule has 0 unspecified atom stereocenters. The van der Waals surface area contributed by atoms with Crippen molar-refractivity contribution in [1.29, 1.82) is 5.26 Å². The number of aromatic nitrogens is 1. The van der Waals surface area contributed by atoms with E-state index in [0.29, 0.717) is 49.7 Å². The van der Waals surface area contributed by atoms with E-state index in [-0.39, 0.29) is 0 Å². The lowest BCUT2D eigenvalue weighted by atomic mass is 9.94. The van der Waals surface area contributed by atoms with Gasteiger partial charge in [0.25, 0.3) is 0 Å². The first-order chi connectivity index (χ1) is 9.04. The second kappa shape index (κ2) is 5.43. The van der Waals surface area contributed by atoms with Gasteiger partial charge >= 0.3 is 0 Å². The molecule has 0 amide bonds. The lowest BCUT2D eigenvalue weighted by molar-refractivity contribution is -0.0573. The summed E-state index contributed by atoms with van der Waals surface area (Å²) in [6.07, 6.45) is 2.70. The number of anilines is 2. The third kappa shape index (κ3) is 3.13. The SMILES string of the molecule is CN(CC1(O)CCOCC1)c1ncc(N)cc1C#N. The zero-order chi connectivity index (χ0) is 13.9. The van der Waals surface area contributed by atoms with Crippen LogP contribution in [0.15, 0.2) is 12.3 Å². The second-order valence-corrected chi connectivity index (χ2v) is 4.94. The molecular formula is C13H18N4O2. The molecule has 1 aromatic heterocycles. The predicted octanol–water partition coefficient (Wildman–Crippen LogP) is 0.513. The highest BCUT2D eigenvalue weighted by Crippen LogP contribution is 2.25. The molecule has 0 spiro atoms. The molecule has 1 aliphatic rings. The van der Waals surface area contributed by atoms with Gasteiger partial charge in [-0.05, 0) is 6.07 Å². The van der Waals surface area contributed by atoms with Crippen molar-refractivity contribution in [2.45, 2.75) is 18.4 Å². The zero-order valence-electron chi connectivity index (χ0n) is 11.0. The van der Waals surface area contributed by atoms with Gasteiger partial charge in [-0.2, -0.15) is 5.26 Å². The monoisotopic (exact) mass is 262 g/mol. The molecule has 2 heterocycles. The Balaban J connectivity index is 2.15. The molecule has 0 saturated carbocycles. The number of nitriles is 1. The number of ether oxygens (including phenoxy) is 1. The van der Waals surface area contributed by atoms with E-state index in [9.17, 15) is 5.11 Å². The van der Waals surface area contributed by atoms with Gasteiger partial charge in [-0.25, -0.2) is 4.98 Å². The Bertz CT molecular complexity index is 492. The van der Waals surface area contributed by atoms with Crippen molar-refractivity contribution < 1.29 is 9.84 Å². The van der Waals surface area contributed by atoms with Crippen LogP contribution in [0.2, 0.25) is 0 Å². The number of nitrogens with two attached hydrogens (primary N) is 1. The molecule has 3 N–H and O–H groups in total. The van der Waals surface area contributed by atoms with Gasteiger partial charge in [0.1, 0.15) is 11.9 Å².